The Balaban J connectivity index is 2.54. The summed E-state index contributed by atoms with van der Waals surface area (Å²) in [7, 11) is 0. The van der Waals surface area contributed by atoms with Crippen LogP contribution in [0, 0.1) is 35.3 Å². The van der Waals surface area contributed by atoms with Gasteiger partial charge in [-0.05, 0) is 31.0 Å². The molecular formula is C15H11N4O4-. The predicted octanol–water partition coefficient (Wildman–Crippen LogP) is 1.20. The number of hydrogen-bond acceptors (Lipinski definition) is 6. The highest BCUT2D eigenvalue weighted by atomic mass is 16.6. The van der Waals surface area contributed by atoms with E-state index in [4.69, 9.17) is 5.26 Å². The summed E-state index contributed by atoms with van der Waals surface area (Å²) < 4.78 is 0.976. The van der Waals surface area contributed by atoms with Crippen LogP contribution < -0.4 is 10.7 Å². The number of non-ortho nitro benzene ring substituents is 1. The first-order valence-electron chi connectivity index (χ1n) is 6.48. The van der Waals surface area contributed by atoms with E-state index in [1.807, 2.05) is 0 Å². The fourth-order valence-corrected chi connectivity index (χ4v) is 2.03. The SMILES string of the molecule is Cc1cc(C)n(/N=C/c2cc([N+](=O)[O-])ccc2[O-])c(=O)c1C#N. The van der Waals surface area contributed by atoms with E-state index in [0.717, 1.165) is 29.1 Å². The standard InChI is InChI=1S/C15H12N4O4/c1-9-5-10(2)18(15(21)13(9)7-16)17-8-11-6-12(19(22)23)3-4-14(11)20/h3-6,8,20H,1-2H3/p-1/b17-8+. The maximum Gasteiger partial charge on any atom is 0.289 e. The van der Waals surface area contributed by atoms with E-state index in [2.05, 4.69) is 5.10 Å². The average molecular weight is 311 g/mol. The topological polar surface area (TPSA) is 124 Å². The summed E-state index contributed by atoms with van der Waals surface area (Å²) in [5, 5.41) is 35.3. The molecule has 0 unspecified atom stereocenters. The molecule has 0 atom stereocenters. The summed E-state index contributed by atoms with van der Waals surface area (Å²) >= 11 is 0. The maximum atomic E-state index is 12.2. The molecule has 116 valence electrons. The zero-order chi connectivity index (χ0) is 17.1. The molecule has 0 saturated heterocycles. The molecule has 0 aliphatic heterocycles. The van der Waals surface area contributed by atoms with Gasteiger partial charge in [-0.15, -0.1) is 0 Å². The lowest BCUT2D eigenvalue weighted by Crippen LogP contribution is -2.22. The molecule has 8 heteroatoms. The maximum absolute atomic E-state index is 12.2. The molecule has 0 aliphatic carbocycles. The van der Waals surface area contributed by atoms with Crippen molar-refractivity contribution in [1.82, 2.24) is 4.68 Å². The van der Waals surface area contributed by atoms with Crippen LogP contribution in [-0.4, -0.2) is 15.8 Å². The molecule has 0 aliphatic rings. The number of aromatic nitrogens is 1. The highest BCUT2D eigenvalue weighted by Crippen LogP contribution is 2.19. The molecule has 1 heterocycles. The van der Waals surface area contributed by atoms with Crippen molar-refractivity contribution < 1.29 is 10.0 Å². The summed E-state index contributed by atoms with van der Waals surface area (Å²) in [6.45, 7) is 3.26. The van der Waals surface area contributed by atoms with Crippen molar-refractivity contribution in [3.63, 3.8) is 0 Å². The molecule has 0 bridgehead atoms. The van der Waals surface area contributed by atoms with Gasteiger partial charge in [0.15, 0.2) is 0 Å². The van der Waals surface area contributed by atoms with Crippen molar-refractivity contribution in [3.05, 3.63) is 67.1 Å². The smallest absolute Gasteiger partial charge is 0.289 e. The van der Waals surface area contributed by atoms with Gasteiger partial charge >= 0.3 is 0 Å². The fraction of sp³-hybridized carbons (Fsp3) is 0.133. The van der Waals surface area contributed by atoms with Crippen LogP contribution in [0.15, 0.2) is 34.2 Å². The number of benzene rings is 1. The van der Waals surface area contributed by atoms with E-state index in [1.165, 1.54) is 0 Å². The molecule has 23 heavy (non-hydrogen) atoms. The minimum absolute atomic E-state index is 0.0235. The van der Waals surface area contributed by atoms with Crippen LogP contribution in [0.3, 0.4) is 0 Å². The summed E-state index contributed by atoms with van der Waals surface area (Å²) in [6, 6.07) is 6.65. The first kappa shape index (κ1) is 15.9. The normalized spacial score (nSPS) is 10.7. The Labute approximate surface area is 130 Å². The van der Waals surface area contributed by atoms with E-state index in [-0.39, 0.29) is 16.8 Å². The first-order valence-corrected chi connectivity index (χ1v) is 6.48. The van der Waals surface area contributed by atoms with Gasteiger partial charge in [-0.2, -0.15) is 10.4 Å². The molecule has 8 nitrogen and oxygen atoms in total. The van der Waals surface area contributed by atoms with Crippen molar-refractivity contribution in [2.45, 2.75) is 13.8 Å². The number of nitriles is 1. The van der Waals surface area contributed by atoms with Crippen molar-refractivity contribution in [1.29, 1.82) is 5.26 Å². The molecule has 0 radical (unpaired) electrons. The lowest BCUT2D eigenvalue weighted by Gasteiger charge is -2.10. The number of pyridine rings is 1. The molecule has 2 aromatic rings. The summed E-state index contributed by atoms with van der Waals surface area (Å²) in [4.78, 5) is 22.3. The van der Waals surface area contributed by atoms with E-state index in [9.17, 15) is 20.0 Å². The van der Waals surface area contributed by atoms with Gasteiger partial charge in [-0.25, -0.2) is 4.68 Å². The van der Waals surface area contributed by atoms with Crippen LogP contribution in [0.25, 0.3) is 0 Å². The molecule has 0 spiro atoms. The zero-order valence-electron chi connectivity index (χ0n) is 12.3. The third-order valence-corrected chi connectivity index (χ3v) is 3.19. The van der Waals surface area contributed by atoms with Crippen LogP contribution >= 0.6 is 0 Å². The predicted molar refractivity (Wildman–Crippen MR) is 80.4 cm³/mol. The minimum atomic E-state index is -0.631. The summed E-state index contributed by atoms with van der Waals surface area (Å²) in [5.41, 5.74) is 0.0662. The monoisotopic (exact) mass is 311 g/mol. The highest BCUT2D eigenvalue weighted by molar-refractivity contribution is 5.84. The van der Waals surface area contributed by atoms with E-state index < -0.39 is 16.2 Å². The molecule has 0 saturated carbocycles. The zero-order valence-corrected chi connectivity index (χ0v) is 12.3. The van der Waals surface area contributed by atoms with Crippen LogP contribution in [0.1, 0.15) is 22.4 Å². The van der Waals surface area contributed by atoms with Gasteiger partial charge in [0, 0.05) is 17.8 Å². The van der Waals surface area contributed by atoms with Gasteiger partial charge in [-0.3, -0.25) is 14.9 Å². The number of nitrogens with zero attached hydrogens (tertiary/aromatic N) is 4. The second kappa shape index (κ2) is 6.11. The molecule has 0 amide bonds. The van der Waals surface area contributed by atoms with Gasteiger partial charge in [0.2, 0.25) is 0 Å². The second-order valence-electron chi connectivity index (χ2n) is 4.80. The third kappa shape index (κ3) is 3.08. The van der Waals surface area contributed by atoms with Crippen LogP contribution in [0.2, 0.25) is 0 Å². The van der Waals surface area contributed by atoms with Crippen molar-refractivity contribution in [2.24, 2.45) is 5.10 Å². The molecule has 1 aromatic carbocycles. The Morgan fingerprint density at radius 2 is 2.04 bits per heavy atom. The lowest BCUT2D eigenvalue weighted by molar-refractivity contribution is -0.385. The van der Waals surface area contributed by atoms with E-state index in [1.54, 1.807) is 26.0 Å². The Bertz CT molecular complexity index is 922. The average Bonchev–Trinajstić information content (AvgIpc) is 2.48. The van der Waals surface area contributed by atoms with Gasteiger partial charge in [0.1, 0.15) is 11.6 Å². The van der Waals surface area contributed by atoms with Crippen molar-refractivity contribution in [3.8, 4) is 11.8 Å². The molecule has 1 aromatic heterocycles. The quantitative estimate of drug-likeness (QED) is 0.478. The summed E-state index contributed by atoms with van der Waals surface area (Å²) in [5.74, 6) is -0.460. The van der Waals surface area contributed by atoms with Crippen LogP contribution in [-0.2, 0) is 0 Å². The number of nitro groups is 1. The largest absolute Gasteiger partial charge is 0.872 e. The molecule has 0 fully saturated rings. The molecular weight excluding hydrogens is 300 g/mol. The van der Waals surface area contributed by atoms with Crippen molar-refractivity contribution >= 4 is 11.9 Å². The van der Waals surface area contributed by atoms with Crippen molar-refractivity contribution in [2.75, 3.05) is 0 Å². The van der Waals surface area contributed by atoms with Crippen LogP contribution in [0.5, 0.6) is 5.75 Å². The van der Waals surface area contributed by atoms with E-state index >= 15 is 0 Å². The molecule has 2 rings (SSSR count). The third-order valence-electron chi connectivity index (χ3n) is 3.19. The number of hydrogen-bond donors (Lipinski definition) is 0. The van der Waals surface area contributed by atoms with Gasteiger partial charge in [-0.1, -0.05) is 11.8 Å². The van der Waals surface area contributed by atoms with Gasteiger partial charge in [0.25, 0.3) is 11.2 Å². The summed E-state index contributed by atoms with van der Waals surface area (Å²) in [6.07, 6.45) is 1.07. The van der Waals surface area contributed by atoms with E-state index in [0.29, 0.717) is 11.3 Å². The van der Waals surface area contributed by atoms with Crippen LogP contribution in [0.4, 0.5) is 5.69 Å². The Kier molecular flexibility index (Phi) is 4.23. The first-order chi connectivity index (χ1) is 10.8. The molecule has 0 N–H and O–H groups in total. The number of nitro benzene ring substituents is 1. The number of aryl methyl sites for hydroxylation is 2. The highest BCUT2D eigenvalue weighted by Gasteiger charge is 2.09. The number of rotatable bonds is 3. The van der Waals surface area contributed by atoms with Gasteiger partial charge in [0.05, 0.1) is 11.1 Å². The second-order valence-corrected chi connectivity index (χ2v) is 4.80. The Morgan fingerprint density at radius 1 is 1.35 bits per heavy atom. The van der Waals surface area contributed by atoms with Gasteiger partial charge < -0.3 is 5.11 Å². The Hall–Kier alpha value is -3.47. The Morgan fingerprint density at radius 3 is 2.65 bits per heavy atom. The fourth-order valence-electron chi connectivity index (χ4n) is 2.03. The minimum Gasteiger partial charge on any atom is -0.872 e. The lowest BCUT2D eigenvalue weighted by atomic mass is 10.1.